The summed E-state index contributed by atoms with van der Waals surface area (Å²) in [5.74, 6) is -0.639. The van der Waals surface area contributed by atoms with Crippen LogP contribution in [-0.4, -0.2) is 15.6 Å². The van der Waals surface area contributed by atoms with Gasteiger partial charge in [0.2, 0.25) is 5.78 Å². The summed E-state index contributed by atoms with van der Waals surface area (Å²) in [5, 5.41) is 14.0. The largest absolute Gasteiger partial charge is 0.288 e. The van der Waals surface area contributed by atoms with Gasteiger partial charge in [-0.25, -0.2) is 9.07 Å². The maximum atomic E-state index is 13.2. The molecule has 5 heteroatoms. The molecule has 0 unspecified atom stereocenters. The maximum absolute atomic E-state index is 13.2. The molecule has 2 aromatic carbocycles. The first-order valence-corrected chi connectivity index (χ1v) is 8.46. The van der Waals surface area contributed by atoms with E-state index in [1.165, 1.54) is 12.1 Å². The average molecular weight is 359 g/mol. The molecule has 3 aromatic rings. The molecule has 27 heavy (non-hydrogen) atoms. The zero-order valence-electron chi connectivity index (χ0n) is 15.3. The summed E-state index contributed by atoms with van der Waals surface area (Å²) < 4.78 is 14.8. The molecule has 0 radical (unpaired) electrons. The second-order valence-corrected chi connectivity index (χ2v) is 6.29. The monoisotopic (exact) mass is 359 g/mol. The zero-order valence-corrected chi connectivity index (χ0v) is 15.3. The Morgan fingerprint density at radius 1 is 1.11 bits per heavy atom. The molecule has 4 nitrogen and oxygen atoms in total. The molecule has 0 aliphatic rings. The summed E-state index contributed by atoms with van der Waals surface area (Å²) in [6.45, 7) is 5.50. The lowest BCUT2D eigenvalue weighted by molar-refractivity contribution is 0.103. The number of benzene rings is 2. The number of Topliss-reactive ketones (excluding diaryl/α,β-unsaturated/α-hetero) is 1. The lowest BCUT2D eigenvalue weighted by atomic mass is 9.98. The van der Waals surface area contributed by atoms with Crippen LogP contribution in [0.1, 0.15) is 32.9 Å². The molecule has 1 aromatic heterocycles. The Labute approximate surface area is 157 Å². The summed E-state index contributed by atoms with van der Waals surface area (Å²) in [6, 6.07) is 15.2. The number of aryl methyl sites for hydroxylation is 2. The molecule has 0 atom stereocenters. The van der Waals surface area contributed by atoms with Crippen LogP contribution in [0.5, 0.6) is 0 Å². The fraction of sp³-hybridized carbons (Fsp3) is 0.136. The topological polar surface area (TPSA) is 58.7 Å². The molecule has 0 bridgehead atoms. The van der Waals surface area contributed by atoms with E-state index in [-0.39, 0.29) is 17.2 Å². The number of allylic oxidation sites excluding steroid dienone is 1. The van der Waals surface area contributed by atoms with Crippen LogP contribution in [0, 0.1) is 37.9 Å². The van der Waals surface area contributed by atoms with Crippen molar-refractivity contribution in [3.63, 3.8) is 0 Å². The summed E-state index contributed by atoms with van der Waals surface area (Å²) in [5.41, 5.74) is 4.24. The zero-order chi connectivity index (χ0) is 19.6. The van der Waals surface area contributed by atoms with Gasteiger partial charge in [-0.1, -0.05) is 24.3 Å². The molecule has 134 valence electrons. The van der Waals surface area contributed by atoms with Gasteiger partial charge in [0.15, 0.2) is 0 Å². The van der Waals surface area contributed by atoms with Crippen LogP contribution in [0.2, 0.25) is 0 Å². The molecule has 0 saturated heterocycles. The Bertz CT molecular complexity index is 1090. The van der Waals surface area contributed by atoms with Crippen molar-refractivity contribution in [3.8, 4) is 11.8 Å². The van der Waals surface area contributed by atoms with Crippen molar-refractivity contribution in [2.24, 2.45) is 0 Å². The van der Waals surface area contributed by atoms with E-state index in [1.807, 2.05) is 39.0 Å². The average Bonchev–Trinajstić information content (AvgIpc) is 2.94. The minimum atomic E-state index is -0.323. The van der Waals surface area contributed by atoms with E-state index < -0.39 is 0 Å². The number of carbonyl (C=O) groups is 1. The van der Waals surface area contributed by atoms with E-state index in [9.17, 15) is 14.4 Å². The van der Waals surface area contributed by atoms with Gasteiger partial charge < -0.3 is 0 Å². The highest BCUT2D eigenvalue weighted by Gasteiger charge is 2.17. The first-order chi connectivity index (χ1) is 12.9. The van der Waals surface area contributed by atoms with Crippen molar-refractivity contribution < 1.29 is 9.18 Å². The van der Waals surface area contributed by atoms with Crippen molar-refractivity contribution >= 4 is 11.9 Å². The Hall–Kier alpha value is -3.52. The van der Waals surface area contributed by atoms with Gasteiger partial charge in [-0.05, 0) is 56.7 Å². The minimum absolute atomic E-state index is 0.0501. The highest BCUT2D eigenvalue weighted by molar-refractivity contribution is 6.14. The number of nitriles is 1. The van der Waals surface area contributed by atoms with Crippen LogP contribution in [-0.2, 0) is 0 Å². The Kier molecular flexibility index (Phi) is 5.00. The fourth-order valence-electron chi connectivity index (χ4n) is 2.96. The first kappa shape index (κ1) is 18.3. The predicted molar refractivity (Wildman–Crippen MR) is 102 cm³/mol. The third-order valence-corrected chi connectivity index (χ3v) is 4.46. The Balaban J connectivity index is 2.05. The van der Waals surface area contributed by atoms with E-state index in [0.717, 1.165) is 11.3 Å². The van der Waals surface area contributed by atoms with Gasteiger partial charge in [-0.15, -0.1) is 0 Å². The summed E-state index contributed by atoms with van der Waals surface area (Å²) in [6.07, 6.45) is 1.58. The van der Waals surface area contributed by atoms with Crippen molar-refractivity contribution in [2.45, 2.75) is 20.8 Å². The number of ketones is 1. The van der Waals surface area contributed by atoms with Gasteiger partial charge in [-0.3, -0.25) is 4.79 Å². The van der Waals surface area contributed by atoms with E-state index in [4.69, 9.17) is 0 Å². The molecule has 0 saturated carbocycles. The molecule has 0 aliphatic carbocycles. The maximum Gasteiger partial charge on any atom is 0.203 e. The minimum Gasteiger partial charge on any atom is -0.288 e. The third-order valence-electron chi connectivity index (χ3n) is 4.46. The smallest absolute Gasteiger partial charge is 0.203 e. The van der Waals surface area contributed by atoms with E-state index >= 15 is 0 Å². The normalized spacial score (nSPS) is 11.3. The molecule has 0 fully saturated rings. The van der Waals surface area contributed by atoms with Crippen molar-refractivity contribution in [2.75, 3.05) is 0 Å². The standard InChI is InChI=1S/C22H18FN3O/c1-14-6-4-5-7-20(14)22(27)17(13-24)12-21-15(2)25-26(16(21)3)19-10-8-18(23)9-11-19/h4-12H,1-3H3/b17-12+. The molecular weight excluding hydrogens is 341 g/mol. The second kappa shape index (κ2) is 7.38. The molecule has 0 N–H and O–H groups in total. The van der Waals surface area contributed by atoms with Gasteiger partial charge >= 0.3 is 0 Å². The number of hydrogen-bond acceptors (Lipinski definition) is 3. The predicted octanol–water partition coefficient (Wildman–Crippen LogP) is 4.73. The van der Waals surface area contributed by atoms with E-state index in [2.05, 4.69) is 5.10 Å². The van der Waals surface area contributed by atoms with Gasteiger partial charge in [0.1, 0.15) is 17.5 Å². The quantitative estimate of drug-likeness (QED) is 0.384. The number of nitrogens with zero attached hydrogens (tertiary/aromatic N) is 3. The molecule has 1 heterocycles. The fourth-order valence-corrected chi connectivity index (χ4v) is 2.96. The number of carbonyl (C=O) groups excluding carboxylic acids is 1. The highest BCUT2D eigenvalue weighted by atomic mass is 19.1. The Morgan fingerprint density at radius 2 is 1.78 bits per heavy atom. The van der Waals surface area contributed by atoms with E-state index in [0.29, 0.717) is 22.5 Å². The summed E-state index contributed by atoms with van der Waals surface area (Å²) in [4.78, 5) is 12.8. The van der Waals surface area contributed by atoms with Crippen molar-refractivity contribution in [1.29, 1.82) is 5.26 Å². The molecule has 0 spiro atoms. The van der Waals surface area contributed by atoms with Crippen LogP contribution < -0.4 is 0 Å². The second-order valence-electron chi connectivity index (χ2n) is 6.29. The first-order valence-electron chi connectivity index (χ1n) is 8.46. The number of aromatic nitrogens is 2. The molecular formula is C22H18FN3O. The summed E-state index contributed by atoms with van der Waals surface area (Å²) >= 11 is 0. The Morgan fingerprint density at radius 3 is 2.41 bits per heavy atom. The van der Waals surface area contributed by atoms with Crippen LogP contribution in [0.4, 0.5) is 4.39 Å². The van der Waals surface area contributed by atoms with Crippen LogP contribution in [0.25, 0.3) is 11.8 Å². The van der Waals surface area contributed by atoms with Gasteiger partial charge in [0.25, 0.3) is 0 Å². The van der Waals surface area contributed by atoms with Gasteiger partial charge in [-0.2, -0.15) is 10.4 Å². The van der Waals surface area contributed by atoms with Crippen LogP contribution >= 0.6 is 0 Å². The summed E-state index contributed by atoms with van der Waals surface area (Å²) in [7, 11) is 0. The van der Waals surface area contributed by atoms with Gasteiger partial charge in [0.05, 0.1) is 11.4 Å². The number of halogens is 1. The van der Waals surface area contributed by atoms with E-state index in [1.54, 1.807) is 35.0 Å². The lowest BCUT2D eigenvalue weighted by Gasteiger charge is -2.05. The number of rotatable bonds is 4. The lowest BCUT2D eigenvalue weighted by Crippen LogP contribution is -2.04. The van der Waals surface area contributed by atoms with Crippen LogP contribution in [0.3, 0.4) is 0 Å². The molecule has 3 rings (SSSR count). The molecule has 0 aliphatic heterocycles. The van der Waals surface area contributed by atoms with Gasteiger partial charge in [0, 0.05) is 16.8 Å². The number of hydrogen-bond donors (Lipinski definition) is 0. The highest BCUT2D eigenvalue weighted by Crippen LogP contribution is 2.22. The third kappa shape index (κ3) is 3.56. The van der Waals surface area contributed by atoms with Crippen LogP contribution in [0.15, 0.2) is 54.1 Å². The molecule has 0 amide bonds. The van der Waals surface area contributed by atoms with Crippen molar-refractivity contribution in [1.82, 2.24) is 9.78 Å². The van der Waals surface area contributed by atoms with Crippen molar-refractivity contribution in [3.05, 3.63) is 88.0 Å². The SMILES string of the molecule is Cc1ccccc1C(=O)/C(C#N)=C/c1c(C)nn(-c2ccc(F)cc2)c1C.